The molecule has 0 fully saturated rings. The van der Waals surface area contributed by atoms with Crippen molar-refractivity contribution in [2.24, 2.45) is 0 Å². The van der Waals surface area contributed by atoms with Gasteiger partial charge in [0.2, 0.25) is 5.01 Å². The molecule has 1 aromatic carbocycles. The van der Waals surface area contributed by atoms with Gasteiger partial charge in [0.15, 0.2) is 4.34 Å². The highest BCUT2D eigenvalue weighted by Gasteiger charge is 2.15. The van der Waals surface area contributed by atoms with Gasteiger partial charge in [-0.2, -0.15) is 0 Å². The van der Waals surface area contributed by atoms with Gasteiger partial charge in [-0.15, -0.1) is 10.2 Å². The predicted molar refractivity (Wildman–Crippen MR) is 73.0 cm³/mol. The fraction of sp³-hybridized carbons (Fsp3) is 0.250. The van der Waals surface area contributed by atoms with Crippen molar-refractivity contribution in [2.75, 3.05) is 13.7 Å². The summed E-state index contributed by atoms with van der Waals surface area (Å²) in [6, 6.07) is 7.61. The van der Waals surface area contributed by atoms with Crippen LogP contribution in [0.25, 0.3) is 0 Å². The van der Waals surface area contributed by atoms with Crippen LogP contribution in [0.1, 0.15) is 16.7 Å². The van der Waals surface area contributed by atoms with Crippen LogP contribution in [-0.4, -0.2) is 29.9 Å². The van der Waals surface area contributed by atoms with E-state index in [0.717, 1.165) is 10.6 Å². The largest absolute Gasteiger partial charge is 0.496 e. The summed E-state index contributed by atoms with van der Waals surface area (Å²) in [7, 11) is 1.61. The number of hydrogen-bond donors (Lipinski definition) is 0. The molecule has 0 saturated heterocycles. The van der Waals surface area contributed by atoms with E-state index in [1.165, 1.54) is 23.1 Å². The lowest BCUT2D eigenvalue weighted by Crippen LogP contribution is -2.03. The van der Waals surface area contributed by atoms with Gasteiger partial charge in [-0.05, 0) is 19.1 Å². The van der Waals surface area contributed by atoms with Gasteiger partial charge in [0.1, 0.15) is 5.75 Å². The molecule has 7 heteroatoms. The minimum atomic E-state index is -0.438. The Morgan fingerprint density at radius 1 is 1.37 bits per heavy atom. The van der Waals surface area contributed by atoms with Gasteiger partial charge in [-0.25, -0.2) is 4.79 Å². The van der Waals surface area contributed by atoms with Crippen molar-refractivity contribution in [3.8, 4) is 5.75 Å². The summed E-state index contributed by atoms with van der Waals surface area (Å²) in [5.41, 5.74) is 0. The van der Waals surface area contributed by atoms with Crippen molar-refractivity contribution in [3.05, 3.63) is 29.3 Å². The molecule has 0 unspecified atom stereocenters. The fourth-order valence-corrected chi connectivity index (χ4v) is 3.14. The predicted octanol–water partition coefficient (Wildman–Crippen LogP) is 2.87. The van der Waals surface area contributed by atoms with Crippen LogP contribution in [0.2, 0.25) is 0 Å². The number of ether oxygens (including phenoxy) is 2. The summed E-state index contributed by atoms with van der Waals surface area (Å²) in [6.07, 6.45) is 0. The highest BCUT2D eigenvalue weighted by Crippen LogP contribution is 2.36. The monoisotopic (exact) mass is 296 g/mol. The van der Waals surface area contributed by atoms with E-state index in [-0.39, 0.29) is 5.01 Å². The zero-order chi connectivity index (χ0) is 13.7. The first-order valence-corrected chi connectivity index (χ1v) is 7.19. The smallest absolute Gasteiger partial charge is 0.369 e. The SMILES string of the molecule is CCOC(=O)c1nnc(Sc2ccccc2OC)s1. The molecule has 0 atom stereocenters. The number of methoxy groups -OCH3 is 1. The summed E-state index contributed by atoms with van der Waals surface area (Å²) < 4.78 is 10.8. The van der Waals surface area contributed by atoms with Crippen molar-refractivity contribution in [1.29, 1.82) is 0 Å². The normalized spacial score (nSPS) is 10.2. The Bertz CT molecular complexity index is 572. The Morgan fingerprint density at radius 2 is 2.16 bits per heavy atom. The van der Waals surface area contributed by atoms with Crippen LogP contribution in [0.15, 0.2) is 33.5 Å². The Morgan fingerprint density at radius 3 is 2.89 bits per heavy atom. The van der Waals surface area contributed by atoms with E-state index in [1.54, 1.807) is 14.0 Å². The van der Waals surface area contributed by atoms with Gasteiger partial charge < -0.3 is 9.47 Å². The van der Waals surface area contributed by atoms with Crippen LogP contribution >= 0.6 is 23.1 Å². The third kappa shape index (κ3) is 3.45. The number of para-hydroxylation sites is 1. The van der Waals surface area contributed by atoms with Crippen LogP contribution in [0, 0.1) is 0 Å². The minimum Gasteiger partial charge on any atom is -0.496 e. The van der Waals surface area contributed by atoms with Crippen molar-refractivity contribution < 1.29 is 14.3 Å². The molecule has 0 amide bonds. The first-order chi connectivity index (χ1) is 9.24. The van der Waals surface area contributed by atoms with Crippen molar-refractivity contribution >= 4 is 29.1 Å². The number of aromatic nitrogens is 2. The lowest BCUT2D eigenvalue weighted by molar-refractivity contribution is 0.0525. The van der Waals surface area contributed by atoms with Gasteiger partial charge in [0.05, 0.1) is 18.6 Å². The molecule has 2 rings (SSSR count). The molecule has 0 N–H and O–H groups in total. The van der Waals surface area contributed by atoms with Gasteiger partial charge >= 0.3 is 5.97 Å². The maximum Gasteiger partial charge on any atom is 0.369 e. The van der Waals surface area contributed by atoms with Crippen molar-refractivity contribution in [3.63, 3.8) is 0 Å². The van der Waals surface area contributed by atoms with Crippen molar-refractivity contribution in [1.82, 2.24) is 10.2 Å². The van der Waals surface area contributed by atoms with Gasteiger partial charge in [-0.1, -0.05) is 35.2 Å². The number of hydrogen-bond acceptors (Lipinski definition) is 7. The minimum absolute atomic E-state index is 0.263. The number of nitrogens with zero attached hydrogens (tertiary/aromatic N) is 2. The third-order valence-corrected chi connectivity index (χ3v) is 4.13. The number of esters is 1. The van der Waals surface area contributed by atoms with E-state index in [2.05, 4.69) is 10.2 Å². The van der Waals surface area contributed by atoms with E-state index < -0.39 is 5.97 Å². The molecule has 1 aromatic heterocycles. The molecule has 0 aliphatic rings. The number of rotatable bonds is 5. The summed E-state index contributed by atoms with van der Waals surface area (Å²) >= 11 is 2.61. The Kier molecular flexibility index (Phi) is 4.75. The highest BCUT2D eigenvalue weighted by molar-refractivity contribution is 8.01. The van der Waals surface area contributed by atoms with Crippen LogP contribution in [0.4, 0.5) is 0 Å². The summed E-state index contributed by atoms with van der Waals surface area (Å²) in [5, 5.41) is 8.05. The lowest BCUT2D eigenvalue weighted by atomic mass is 10.3. The number of carbonyl (C=O) groups excluding carboxylic acids is 1. The zero-order valence-electron chi connectivity index (χ0n) is 10.5. The van der Waals surface area contributed by atoms with Gasteiger partial charge in [0, 0.05) is 0 Å². The van der Waals surface area contributed by atoms with E-state index in [9.17, 15) is 4.79 Å². The van der Waals surface area contributed by atoms with Crippen LogP contribution < -0.4 is 4.74 Å². The van der Waals surface area contributed by atoms with Gasteiger partial charge in [-0.3, -0.25) is 0 Å². The molecule has 0 spiro atoms. The molecule has 0 aliphatic heterocycles. The first-order valence-electron chi connectivity index (χ1n) is 5.56. The average Bonchev–Trinajstić information content (AvgIpc) is 2.88. The van der Waals surface area contributed by atoms with E-state index >= 15 is 0 Å². The standard InChI is InChI=1S/C12H12N2O3S2/c1-3-17-11(15)10-13-14-12(19-10)18-9-7-5-4-6-8(9)16-2/h4-7H,3H2,1-2H3. The molecule has 1 heterocycles. The molecule has 0 radical (unpaired) electrons. The fourth-order valence-electron chi connectivity index (χ4n) is 1.32. The molecular formula is C12H12N2O3S2. The average molecular weight is 296 g/mol. The van der Waals surface area contributed by atoms with E-state index in [1.807, 2.05) is 24.3 Å². The van der Waals surface area contributed by atoms with E-state index in [0.29, 0.717) is 10.9 Å². The van der Waals surface area contributed by atoms with Crippen molar-refractivity contribution in [2.45, 2.75) is 16.2 Å². The first kappa shape index (κ1) is 13.8. The number of benzene rings is 1. The molecule has 0 bridgehead atoms. The second-order valence-corrected chi connectivity index (χ2v) is 5.61. The van der Waals surface area contributed by atoms with E-state index in [4.69, 9.17) is 9.47 Å². The third-order valence-electron chi connectivity index (χ3n) is 2.12. The Labute approximate surface area is 119 Å². The maximum atomic E-state index is 11.5. The van der Waals surface area contributed by atoms with Crippen LogP contribution in [0.3, 0.4) is 0 Å². The maximum absolute atomic E-state index is 11.5. The Hall–Kier alpha value is -1.60. The summed E-state index contributed by atoms with van der Waals surface area (Å²) in [6.45, 7) is 2.08. The highest BCUT2D eigenvalue weighted by atomic mass is 32.2. The second-order valence-electron chi connectivity index (χ2n) is 3.35. The molecule has 19 heavy (non-hydrogen) atoms. The zero-order valence-corrected chi connectivity index (χ0v) is 12.1. The van der Waals surface area contributed by atoms with Crippen LogP contribution in [-0.2, 0) is 4.74 Å². The molecule has 2 aromatic rings. The van der Waals surface area contributed by atoms with Crippen LogP contribution in [0.5, 0.6) is 5.75 Å². The topological polar surface area (TPSA) is 61.3 Å². The van der Waals surface area contributed by atoms with Gasteiger partial charge in [0.25, 0.3) is 0 Å². The molecule has 0 saturated carbocycles. The summed E-state index contributed by atoms with van der Waals surface area (Å²) in [5.74, 6) is 0.326. The molecule has 5 nitrogen and oxygen atoms in total. The molecule has 0 aliphatic carbocycles. The second kappa shape index (κ2) is 6.53. The number of carbonyl (C=O) groups is 1. The molecule has 100 valence electrons. The quantitative estimate of drug-likeness (QED) is 0.791. The summed E-state index contributed by atoms with van der Waals surface area (Å²) in [4.78, 5) is 12.4. The Balaban J connectivity index is 2.13. The molecular weight excluding hydrogens is 284 g/mol. The lowest BCUT2D eigenvalue weighted by Gasteiger charge is -2.04.